The van der Waals surface area contributed by atoms with E-state index in [4.69, 9.17) is 4.74 Å². The number of rotatable bonds is 6. The third kappa shape index (κ3) is 4.45. The number of halogens is 1. The molecule has 0 heterocycles. The van der Waals surface area contributed by atoms with Gasteiger partial charge in [-0.1, -0.05) is 18.2 Å². The van der Waals surface area contributed by atoms with Crippen molar-refractivity contribution in [3.8, 4) is 0 Å². The van der Waals surface area contributed by atoms with Crippen LogP contribution in [0.25, 0.3) is 0 Å². The van der Waals surface area contributed by atoms with Crippen molar-refractivity contribution in [1.82, 2.24) is 5.32 Å². The Bertz CT molecular complexity index is 395. The molecule has 1 aromatic carbocycles. The molecule has 1 N–H and O–H groups in total. The predicted molar refractivity (Wildman–Crippen MR) is 68.8 cm³/mol. The molecule has 0 fully saturated rings. The number of nitrogens with one attached hydrogen (secondary N) is 1. The van der Waals surface area contributed by atoms with Gasteiger partial charge in [0.05, 0.1) is 6.61 Å². The first-order chi connectivity index (χ1) is 8.54. The molecule has 3 nitrogen and oxygen atoms in total. The Labute approximate surface area is 107 Å². The van der Waals surface area contributed by atoms with Gasteiger partial charge in [-0.15, -0.1) is 0 Å². The van der Waals surface area contributed by atoms with E-state index in [1.807, 2.05) is 6.92 Å². The molecule has 0 aromatic heterocycles. The first kappa shape index (κ1) is 14.6. The first-order valence-electron chi connectivity index (χ1n) is 6.20. The molecular weight excluding hydrogens is 233 g/mol. The number of carbonyl (C=O) groups is 1. The van der Waals surface area contributed by atoms with Gasteiger partial charge in [0, 0.05) is 6.04 Å². The Balaban J connectivity index is 2.49. The van der Waals surface area contributed by atoms with Crippen LogP contribution in [0, 0.1) is 5.82 Å². The van der Waals surface area contributed by atoms with Crippen LogP contribution in [0.3, 0.4) is 0 Å². The van der Waals surface area contributed by atoms with Crippen LogP contribution in [0.15, 0.2) is 24.3 Å². The van der Waals surface area contributed by atoms with E-state index in [2.05, 4.69) is 5.32 Å². The molecule has 0 amide bonds. The van der Waals surface area contributed by atoms with Crippen LogP contribution >= 0.6 is 0 Å². The number of benzene rings is 1. The Kier molecular flexibility index (Phi) is 5.78. The minimum absolute atomic E-state index is 0.00121. The van der Waals surface area contributed by atoms with Crippen molar-refractivity contribution in [1.29, 1.82) is 0 Å². The highest BCUT2D eigenvalue weighted by Crippen LogP contribution is 2.09. The number of esters is 1. The standard InChI is InChI=1S/C14H20FNO2/c1-4-18-14(17)11(3)16-10(2)9-12-7-5-6-8-13(12)15/h5-8,10-11,16H,4,9H2,1-3H3. The Morgan fingerprint density at radius 2 is 2.06 bits per heavy atom. The second-order valence-corrected chi connectivity index (χ2v) is 4.34. The molecule has 0 spiro atoms. The van der Waals surface area contributed by atoms with Crippen LogP contribution in [0.1, 0.15) is 26.3 Å². The highest BCUT2D eigenvalue weighted by molar-refractivity contribution is 5.75. The zero-order valence-corrected chi connectivity index (χ0v) is 11.1. The van der Waals surface area contributed by atoms with Crippen molar-refractivity contribution in [3.05, 3.63) is 35.6 Å². The molecule has 0 aliphatic rings. The summed E-state index contributed by atoms with van der Waals surface area (Å²) >= 11 is 0. The number of hydrogen-bond acceptors (Lipinski definition) is 3. The molecule has 0 saturated carbocycles. The van der Waals surface area contributed by atoms with E-state index in [1.54, 1.807) is 32.0 Å². The van der Waals surface area contributed by atoms with Crippen molar-refractivity contribution in [2.75, 3.05) is 6.61 Å². The zero-order valence-electron chi connectivity index (χ0n) is 11.1. The maximum Gasteiger partial charge on any atom is 0.322 e. The van der Waals surface area contributed by atoms with Crippen LogP contribution < -0.4 is 5.32 Å². The van der Waals surface area contributed by atoms with Gasteiger partial charge >= 0.3 is 5.97 Å². The molecule has 2 atom stereocenters. The topological polar surface area (TPSA) is 38.3 Å². The van der Waals surface area contributed by atoms with E-state index in [1.165, 1.54) is 6.07 Å². The minimum atomic E-state index is -0.383. The Morgan fingerprint density at radius 3 is 2.67 bits per heavy atom. The molecular formula is C14H20FNO2. The first-order valence-corrected chi connectivity index (χ1v) is 6.20. The fourth-order valence-electron chi connectivity index (χ4n) is 1.81. The fraction of sp³-hybridized carbons (Fsp3) is 0.500. The van der Waals surface area contributed by atoms with E-state index in [-0.39, 0.29) is 23.9 Å². The van der Waals surface area contributed by atoms with E-state index in [9.17, 15) is 9.18 Å². The molecule has 0 aliphatic heterocycles. The van der Waals surface area contributed by atoms with Gasteiger partial charge in [0.15, 0.2) is 0 Å². The van der Waals surface area contributed by atoms with Crippen molar-refractivity contribution in [2.45, 2.75) is 39.3 Å². The summed E-state index contributed by atoms with van der Waals surface area (Å²) in [6.45, 7) is 5.80. The largest absolute Gasteiger partial charge is 0.465 e. The number of carbonyl (C=O) groups excluding carboxylic acids is 1. The van der Waals surface area contributed by atoms with Crippen LogP contribution in [0.4, 0.5) is 4.39 Å². The highest BCUT2D eigenvalue weighted by Gasteiger charge is 2.17. The van der Waals surface area contributed by atoms with E-state index < -0.39 is 0 Å². The molecule has 0 saturated heterocycles. The van der Waals surface area contributed by atoms with Gasteiger partial charge in [-0.3, -0.25) is 4.79 Å². The highest BCUT2D eigenvalue weighted by atomic mass is 19.1. The van der Waals surface area contributed by atoms with Crippen LogP contribution in [0.2, 0.25) is 0 Å². The average Bonchev–Trinajstić information content (AvgIpc) is 2.32. The summed E-state index contributed by atoms with van der Waals surface area (Å²) in [7, 11) is 0. The zero-order chi connectivity index (χ0) is 13.5. The smallest absolute Gasteiger partial charge is 0.322 e. The molecule has 0 aliphatic carbocycles. The van der Waals surface area contributed by atoms with E-state index in [0.29, 0.717) is 18.6 Å². The third-order valence-corrected chi connectivity index (χ3v) is 2.66. The van der Waals surface area contributed by atoms with Crippen LogP contribution in [-0.2, 0) is 16.0 Å². The predicted octanol–water partition coefficient (Wildman–Crippen LogP) is 2.30. The average molecular weight is 253 g/mol. The fourth-order valence-corrected chi connectivity index (χ4v) is 1.81. The summed E-state index contributed by atoms with van der Waals surface area (Å²) in [4.78, 5) is 11.4. The third-order valence-electron chi connectivity index (χ3n) is 2.66. The van der Waals surface area contributed by atoms with E-state index in [0.717, 1.165) is 0 Å². The summed E-state index contributed by atoms with van der Waals surface area (Å²) in [5.74, 6) is -0.493. The quantitative estimate of drug-likeness (QED) is 0.791. The van der Waals surface area contributed by atoms with Gasteiger partial charge in [0.2, 0.25) is 0 Å². The molecule has 100 valence electrons. The monoisotopic (exact) mass is 253 g/mol. The van der Waals surface area contributed by atoms with Crippen molar-refractivity contribution >= 4 is 5.97 Å². The Morgan fingerprint density at radius 1 is 1.39 bits per heavy atom. The van der Waals surface area contributed by atoms with Gasteiger partial charge in [0.1, 0.15) is 11.9 Å². The molecule has 1 rings (SSSR count). The maximum absolute atomic E-state index is 13.4. The minimum Gasteiger partial charge on any atom is -0.465 e. The summed E-state index contributed by atoms with van der Waals surface area (Å²) in [6, 6.07) is 6.28. The van der Waals surface area contributed by atoms with Gasteiger partial charge < -0.3 is 10.1 Å². The van der Waals surface area contributed by atoms with Crippen molar-refractivity contribution in [3.63, 3.8) is 0 Å². The number of hydrogen-bond donors (Lipinski definition) is 1. The van der Waals surface area contributed by atoms with Gasteiger partial charge in [-0.2, -0.15) is 0 Å². The van der Waals surface area contributed by atoms with Gasteiger partial charge in [0.25, 0.3) is 0 Å². The van der Waals surface area contributed by atoms with Crippen molar-refractivity contribution < 1.29 is 13.9 Å². The lowest BCUT2D eigenvalue weighted by Gasteiger charge is -2.19. The molecule has 2 unspecified atom stereocenters. The summed E-state index contributed by atoms with van der Waals surface area (Å²) in [5, 5.41) is 3.10. The summed E-state index contributed by atoms with van der Waals surface area (Å²) in [5.41, 5.74) is 0.647. The lowest BCUT2D eigenvalue weighted by Crippen LogP contribution is -2.41. The van der Waals surface area contributed by atoms with Gasteiger partial charge in [-0.05, 0) is 38.8 Å². The maximum atomic E-state index is 13.4. The lowest BCUT2D eigenvalue weighted by atomic mass is 10.1. The SMILES string of the molecule is CCOC(=O)C(C)NC(C)Cc1ccccc1F. The molecule has 0 bridgehead atoms. The van der Waals surface area contributed by atoms with Crippen molar-refractivity contribution in [2.24, 2.45) is 0 Å². The lowest BCUT2D eigenvalue weighted by molar-refractivity contribution is -0.145. The number of ether oxygens (including phenoxy) is 1. The van der Waals surface area contributed by atoms with E-state index >= 15 is 0 Å². The molecule has 4 heteroatoms. The molecule has 1 aromatic rings. The second-order valence-electron chi connectivity index (χ2n) is 4.34. The molecule has 0 radical (unpaired) electrons. The molecule has 18 heavy (non-hydrogen) atoms. The summed E-state index contributed by atoms with van der Waals surface area (Å²) in [6.07, 6.45) is 0.538. The normalized spacial score (nSPS) is 14.0. The summed E-state index contributed by atoms with van der Waals surface area (Å²) < 4.78 is 18.4. The second kappa shape index (κ2) is 7.11. The van der Waals surface area contributed by atoms with Crippen LogP contribution in [0.5, 0.6) is 0 Å². The van der Waals surface area contributed by atoms with Gasteiger partial charge in [-0.25, -0.2) is 4.39 Å². The Hall–Kier alpha value is -1.42. The van der Waals surface area contributed by atoms with Crippen LogP contribution in [-0.4, -0.2) is 24.7 Å².